The van der Waals surface area contributed by atoms with E-state index in [2.05, 4.69) is 4.98 Å². The molecule has 2 aromatic rings. The molecule has 2 heterocycles. The highest BCUT2D eigenvalue weighted by Gasteiger charge is 2.29. The van der Waals surface area contributed by atoms with Gasteiger partial charge in [-0.05, 0) is 56.7 Å². The van der Waals surface area contributed by atoms with Gasteiger partial charge in [0, 0.05) is 12.6 Å². The molecule has 1 atom stereocenters. The smallest absolute Gasteiger partial charge is 0.276 e. The zero-order valence-electron chi connectivity index (χ0n) is 13.4. The van der Waals surface area contributed by atoms with Crippen LogP contribution in [0.4, 0.5) is 0 Å². The maximum absolute atomic E-state index is 12.7. The van der Waals surface area contributed by atoms with Crippen molar-refractivity contribution < 1.29 is 14.3 Å². The van der Waals surface area contributed by atoms with E-state index in [1.54, 1.807) is 19.1 Å². The second kappa shape index (κ2) is 6.86. The summed E-state index contributed by atoms with van der Waals surface area (Å²) in [6, 6.07) is 7.52. The predicted molar refractivity (Wildman–Crippen MR) is 86.3 cm³/mol. The summed E-state index contributed by atoms with van der Waals surface area (Å²) >= 11 is 0. The van der Waals surface area contributed by atoms with E-state index in [0.29, 0.717) is 11.5 Å². The lowest BCUT2D eigenvalue weighted by atomic mass is 9.95. The fourth-order valence-electron chi connectivity index (χ4n) is 3.21. The van der Waals surface area contributed by atoms with E-state index in [0.717, 1.165) is 38.6 Å². The van der Waals surface area contributed by atoms with Crippen LogP contribution in [0.5, 0.6) is 5.75 Å². The van der Waals surface area contributed by atoms with Crippen molar-refractivity contribution in [3.63, 3.8) is 0 Å². The van der Waals surface area contributed by atoms with Crippen molar-refractivity contribution in [1.82, 2.24) is 9.88 Å². The number of piperidine rings is 1. The fourth-order valence-corrected chi connectivity index (χ4v) is 3.21. The number of carbonyl (C=O) groups excluding carboxylic acids is 1. The molecule has 0 radical (unpaired) electrons. The van der Waals surface area contributed by atoms with Crippen LogP contribution in [0.3, 0.4) is 0 Å². The third-order valence-electron chi connectivity index (χ3n) is 4.54. The quantitative estimate of drug-likeness (QED) is 0.940. The molecule has 0 aliphatic carbocycles. The Balaban J connectivity index is 1.67. The van der Waals surface area contributed by atoms with Crippen LogP contribution in [0, 0.1) is 6.92 Å². The van der Waals surface area contributed by atoms with Gasteiger partial charge < -0.3 is 14.4 Å². The zero-order valence-corrected chi connectivity index (χ0v) is 13.4. The van der Waals surface area contributed by atoms with Crippen molar-refractivity contribution in [1.29, 1.82) is 0 Å². The minimum atomic E-state index is -0.0216. The van der Waals surface area contributed by atoms with Gasteiger partial charge in [0.1, 0.15) is 11.5 Å². The summed E-state index contributed by atoms with van der Waals surface area (Å²) < 4.78 is 5.17. The summed E-state index contributed by atoms with van der Waals surface area (Å²) in [6.45, 7) is 2.56. The van der Waals surface area contributed by atoms with Crippen LogP contribution in [0.25, 0.3) is 0 Å². The molecule has 5 heteroatoms. The molecule has 1 aromatic heterocycles. The Hall–Kier alpha value is -2.30. The maximum atomic E-state index is 12.7. The second-order valence-corrected chi connectivity index (χ2v) is 6.11. The number of aromatic nitrogens is 1. The Morgan fingerprint density at radius 2 is 2.13 bits per heavy atom. The van der Waals surface area contributed by atoms with Crippen LogP contribution in [-0.2, 0) is 6.42 Å². The van der Waals surface area contributed by atoms with Gasteiger partial charge in [-0.1, -0.05) is 12.1 Å². The van der Waals surface area contributed by atoms with Crippen LogP contribution in [-0.4, -0.2) is 33.5 Å². The molecule has 0 bridgehead atoms. The number of rotatable bonds is 4. The maximum Gasteiger partial charge on any atom is 0.276 e. The van der Waals surface area contributed by atoms with E-state index >= 15 is 0 Å². The number of phenolic OH excluding ortho intramolecular Hbond substituents is 1. The first-order chi connectivity index (χ1) is 11.1. The van der Waals surface area contributed by atoms with Crippen molar-refractivity contribution in [2.75, 3.05) is 6.54 Å². The highest BCUT2D eigenvalue weighted by molar-refractivity contribution is 5.93. The normalized spacial score (nSPS) is 18.1. The molecule has 0 spiro atoms. The van der Waals surface area contributed by atoms with Crippen molar-refractivity contribution in [3.8, 4) is 5.75 Å². The lowest BCUT2D eigenvalue weighted by molar-refractivity contribution is 0.0595. The number of oxazole rings is 1. The lowest BCUT2D eigenvalue weighted by Gasteiger charge is -2.35. The molecule has 5 nitrogen and oxygen atoms in total. The Labute approximate surface area is 135 Å². The standard InChI is InChI=1S/C18H22N2O3/c1-13-17(19-12-23-13)18(22)20-11-3-2-4-15(20)8-5-14-6-9-16(21)10-7-14/h6-7,9-10,12,15,21H,2-5,8,11H2,1H3. The summed E-state index contributed by atoms with van der Waals surface area (Å²) in [7, 11) is 0. The average Bonchev–Trinajstić information content (AvgIpc) is 3.00. The number of carbonyl (C=O) groups is 1. The molecule has 1 saturated heterocycles. The SMILES string of the molecule is Cc1ocnc1C(=O)N1CCCCC1CCc1ccc(O)cc1. The van der Waals surface area contributed by atoms with Gasteiger partial charge in [-0.2, -0.15) is 0 Å². The zero-order chi connectivity index (χ0) is 16.2. The average molecular weight is 314 g/mol. The van der Waals surface area contributed by atoms with Gasteiger partial charge in [0.2, 0.25) is 0 Å². The second-order valence-electron chi connectivity index (χ2n) is 6.11. The van der Waals surface area contributed by atoms with Crippen LogP contribution in [0.15, 0.2) is 35.1 Å². The highest BCUT2D eigenvalue weighted by atomic mass is 16.3. The van der Waals surface area contributed by atoms with Crippen LogP contribution >= 0.6 is 0 Å². The topological polar surface area (TPSA) is 66.6 Å². The number of aryl methyl sites for hydroxylation is 2. The Morgan fingerprint density at radius 3 is 2.83 bits per heavy atom. The van der Waals surface area contributed by atoms with Gasteiger partial charge in [-0.3, -0.25) is 4.79 Å². The number of aromatic hydroxyl groups is 1. The molecule has 3 rings (SSSR count). The van der Waals surface area contributed by atoms with Crippen LogP contribution in [0.1, 0.15) is 47.5 Å². The van der Waals surface area contributed by atoms with E-state index in [1.807, 2.05) is 17.0 Å². The summed E-state index contributed by atoms with van der Waals surface area (Å²) in [4.78, 5) is 18.7. The molecule has 122 valence electrons. The minimum Gasteiger partial charge on any atom is -0.508 e. The van der Waals surface area contributed by atoms with Crippen molar-refractivity contribution in [2.45, 2.75) is 45.1 Å². The van der Waals surface area contributed by atoms with Gasteiger partial charge in [0.05, 0.1) is 0 Å². The van der Waals surface area contributed by atoms with Crippen LogP contribution in [0.2, 0.25) is 0 Å². The molecule has 1 aliphatic heterocycles. The Morgan fingerprint density at radius 1 is 1.35 bits per heavy atom. The van der Waals surface area contributed by atoms with Gasteiger partial charge in [0.15, 0.2) is 12.1 Å². The van der Waals surface area contributed by atoms with E-state index in [-0.39, 0.29) is 17.7 Å². The molecule has 1 unspecified atom stereocenters. The largest absolute Gasteiger partial charge is 0.508 e. The molecule has 1 amide bonds. The number of benzene rings is 1. The summed E-state index contributed by atoms with van der Waals surface area (Å²) in [5.74, 6) is 0.842. The molecule has 0 saturated carbocycles. The predicted octanol–water partition coefficient (Wildman–Crippen LogP) is 3.32. The number of hydrogen-bond donors (Lipinski definition) is 1. The molecular weight excluding hydrogens is 292 g/mol. The van der Waals surface area contributed by atoms with E-state index < -0.39 is 0 Å². The highest BCUT2D eigenvalue weighted by Crippen LogP contribution is 2.24. The number of phenols is 1. The number of amides is 1. The third kappa shape index (κ3) is 3.55. The molecule has 1 aromatic carbocycles. The minimum absolute atomic E-state index is 0.0216. The van der Waals surface area contributed by atoms with Gasteiger partial charge >= 0.3 is 0 Å². The summed E-state index contributed by atoms with van der Waals surface area (Å²) in [5.41, 5.74) is 1.61. The monoisotopic (exact) mass is 314 g/mol. The third-order valence-corrected chi connectivity index (χ3v) is 4.54. The van der Waals surface area contributed by atoms with Crippen molar-refractivity contribution in [2.24, 2.45) is 0 Å². The first kappa shape index (κ1) is 15.6. The van der Waals surface area contributed by atoms with Gasteiger partial charge in [-0.25, -0.2) is 4.98 Å². The van der Waals surface area contributed by atoms with Crippen molar-refractivity contribution in [3.05, 3.63) is 47.7 Å². The lowest BCUT2D eigenvalue weighted by Crippen LogP contribution is -2.44. The Bertz CT molecular complexity index is 663. The van der Waals surface area contributed by atoms with E-state index in [9.17, 15) is 9.90 Å². The van der Waals surface area contributed by atoms with E-state index in [4.69, 9.17) is 4.42 Å². The summed E-state index contributed by atoms with van der Waals surface area (Å²) in [6.07, 6.45) is 6.37. The van der Waals surface area contributed by atoms with Gasteiger partial charge in [0.25, 0.3) is 5.91 Å². The van der Waals surface area contributed by atoms with E-state index in [1.165, 1.54) is 12.0 Å². The molecule has 1 aliphatic rings. The van der Waals surface area contributed by atoms with Crippen molar-refractivity contribution >= 4 is 5.91 Å². The Kier molecular flexibility index (Phi) is 4.65. The first-order valence-electron chi connectivity index (χ1n) is 8.14. The number of hydrogen-bond acceptors (Lipinski definition) is 4. The van der Waals surface area contributed by atoms with Crippen LogP contribution < -0.4 is 0 Å². The number of nitrogens with zero attached hydrogens (tertiary/aromatic N) is 2. The molecule has 1 fully saturated rings. The first-order valence-corrected chi connectivity index (χ1v) is 8.14. The molecular formula is C18H22N2O3. The summed E-state index contributed by atoms with van der Waals surface area (Å²) in [5, 5.41) is 9.35. The number of likely N-dealkylation sites (tertiary alicyclic amines) is 1. The fraction of sp³-hybridized carbons (Fsp3) is 0.444. The van der Waals surface area contributed by atoms with Gasteiger partial charge in [-0.15, -0.1) is 0 Å². The molecule has 23 heavy (non-hydrogen) atoms. The molecule has 1 N–H and O–H groups in total.